The fraction of sp³-hybridized carbons (Fsp3) is 0.621. The van der Waals surface area contributed by atoms with E-state index < -0.39 is 0 Å². The molecule has 0 radical (unpaired) electrons. The van der Waals surface area contributed by atoms with Crippen molar-refractivity contribution in [1.82, 2.24) is 19.9 Å². The molecule has 38 heavy (non-hydrogen) atoms. The van der Waals surface area contributed by atoms with Gasteiger partial charge in [-0.25, -0.2) is 4.98 Å². The van der Waals surface area contributed by atoms with Gasteiger partial charge >= 0.3 is 0 Å². The number of anilines is 3. The Hall–Kier alpha value is -2.58. The summed E-state index contributed by atoms with van der Waals surface area (Å²) in [5.41, 5.74) is 2.14. The normalized spacial score (nSPS) is 18.8. The van der Waals surface area contributed by atoms with E-state index in [-0.39, 0.29) is 18.2 Å². The highest BCUT2D eigenvalue weighted by molar-refractivity contribution is 6.33. The average Bonchev–Trinajstić information content (AvgIpc) is 3.29. The van der Waals surface area contributed by atoms with Crippen LogP contribution in [0.3, 0.4) is 0 Å². The molecule has 8 nitrogen and oxygen atoms in total. The van der Waals surface area contributed by atoms with Gasteiger partial charge < -0.3 is 25.5 Å². The molecule has 1 atom stereocenters. The Morgan fingerprint density at radius 2 is 1.82 bits per heavy atom. The molecule has 4 rings (SSSR count). The number of aromatic amines is 1. The van der Waals surface area contributed by atoms with E-state index in [4.69, 9.17) is 31.3 Å². The fourth-order valence-corrected chi connectivity index (χ4v) is 5.61. The van der Waals surface area contributed by atoms with Crippen LogP contribution in [-0.4, -0.2) is 43.3 Å². The monoisotopic (exact) mass is 542 g/mol. The molecule has 208 valence electrons. The van der Waals surface area contributed by atoms with Gasteiger partial charge in [-0.05, 0) is 69.9 Å². The highest BCUT2D eigenvalue weighted by atomic mass is 35.5. The molecule has 0 amide bonds. The van der Waals surface area contributed by atoms with Crippen molar-refractivity contribution in [2.75, 3.05) is 10.6 Å². The maximum atomic E-state index is 9.95. The standard InChI is InChI=1S/C29H43ClN6O2/c1-6-19(7-2)18(5)8-15-25-33-26-27(31-20-9-11-21(37)12-10-20)35-29(36-28(26)34-25)32-24-14-13-22(16-23(24)30)38-17(3)4/h13-14,16-21,37H,6-12,15H2,1-5H3,(H3,31,32,33,34,35,36). The lowest BCUT2D eigenvalue weighted by Gasteiger charge is -2.26. The molecule has 4 N–H and O–H groups in total. The van der Waals surface area contributed by atoms with Gasteiger partial charge in [-0.1, -0.05) is 45.2 Å². The number of aliphatic hydroxyl groups is 1. The molecule has 2 aromatic heterocycles. The van der Waals surface area contributed by atoms with E-state index in [0.29, 0.717) is 34.0 Å². The van der Waals surface area contributed by atoms with E-state index in [2.05, 4.69) is 36.4 Å². The second kappa shape index (κ2) is 13.0. The summed E-state index contributed by atoms with van der Waals surface area (Å²) >= 11 is 6.56. The van der Waals surface area contributed by atoms with Crippen molar-refractivity contribution >= 4 is 40.2 Å². The number of aliphatic hydroxyl groups excluding tert-OH is 1. The molecule has 1 aromatic carbocycles. The van der Waals surface area contributed by atoms with Gasteiger partial charge in [0.15, 0.2) is 11.5 Å². The second-order valence-electron chi connectivity index (χ2n) is 11.0. The van der Waals surface area contributed by atoms with E-state index in [9.17, 15) is 5.11 Å². The smallest absolute Gasteiger partial charge is 0.231 e. The molecule has 2 heterocycles. The summed E-state index contributed by atoms with van der Waals surface area (Å²) in [4.78, 5) is 17.9. The highest BCUT2D eigenvalue weighted by Gasteiger charge is 2.22. The molecule has 3 aromatic rings. The molecular formula is C29H43ClN6O2. The van der Waals surface area contributed by atoms with Crippen molar-refractivity contribution in [3.63, 3.8) is 0 Å². The quantitative estimate of drug-likeness (QED) is 0.191. The van der Waals surface area contributed by atoms with E-state index in [0.717, 1.165) is 61.6 Å². The molecule has 0 spiro atoms. The van der Waals surface area contributed by atoms with Gasteiger partial charge in [0.05, 0.1) is 22.9 Å². The molecule has 1 unspecified atom stereocenters. The molecule has 0 saturated heterocycles. The van der Waals surface area contributed by atoms with Gasteiger partial charge in [-0.3, -0.25) is 0 Å². The first-order valence-corrected chi connectivity index (χ1v) is 14.6. The van der Waals surface area contributed by atoms with Crippen molar-refractivity contribution in [2.45, 2.75) is 104 Å². The Kier molecular flexibility index (Phi) is 9.71. The lowest BCUT2D eigenvalue weighted by atomic mass is 9.86. The van der Waals surface area contributed by atoms with Gasteiger partial charge in [0.2, 0.25) is 5.95 Å². The third kappa shape index (κ3) is 7.29. The van der Waals surface area contributed by atoms with Crippen LogP contribution in [0.2, 0.25) is 5.02 Å². The maximum Gasteiger partial charge on any atom is 0.231 e. The number of fused-ring (bicyclic) bond motifs is 1. The number of rotatable bonds is 12. The van der Waals surface area contributed by atoms with E-state index in [1.54, 1.807) is 6.07 Å². The number of nitrogens with one attached hydrogen (secondary N) is 3. The van der Waals surface area contributed by atoms with Crippen molar-refractivity contribution in [2.24, 2.45) is 11.8 Å². The third-order valence-corrected chi connectivity index (χ3v) is 8.00. The van der Waals surface area contributed by atoms with Crippen molar-refractivity contribution in [3.05, 3.63) is 29.0 Å². The number of H-pyrrole nitrogens is 1. The van der Waals surface area contributed by atoms with Gasteiger partial charge in [0, 0.05) is 18.5 Å². The van der Waals surface area contributed by atoms with Crippen LogP contribution in [0.4, 0.5) is 17.5 Å². The number of aryl methyl sites for hydroxylation is 1. The molecule has 1 fully saturated rings. The molecule has 0 aliphatic heterocycles. The van der Waals surface area contributed by atoms with Gasteiger partial charge in [0.25, 0.3) is 0 Å². The predicted octanol–water partition coefficient (Wildman–Crippen LogP) is 7.26. The van der Waals surface area contributed by atoms with E-state index in [1.807, 2.05) is 26.0 Å². The van der Waals surface area contributed by atoms with Crippen LogP contribution >= 0.6 is 11.6 Å². The van der Waals surface area contributed by atoms with Crippen LogP contribution in [0.15, 0.2) is 18.2 Å². The summed E-state index contributed by atoms with van der Waals surface area (Å²) in [6, 6.07) is 5.79. The number of ether oxygens (including phenoxy) is 1. The number of hydrogen-bond donors (Lipinski definition) is 4. The molecule has 1 saturated carbocycles. The van der Waals surface area contributed by atoms with Crippen LogP contribution in [0.5, 0.6) is 5.75 Å². The van der Waals surface area contributed by atoms with E-state index >= 15 is 0 Å². The first-order valence-electron chi connectivity index (χ1n) is 14.2. The number of hydrogen-bond acceptors (Lipinski definition) is 7. The molecule has 0 bridgehead atoms. The topological polar surface area (TPSA) is 108 Å². The summed E-state index contributed by atoms with van der Waals surface area (Å²) < 4.78 is 5.76. The summed E-state index contributed by atoms with van der Waals surface area (Å²) in [5, 5.41) is 17.4. The van der Waals surface area contributed by atoms with Gasteiger partial charge in [-0.15, -0.1) is 0 Å². The average molecular weight is 543 g/mol. The zero-order valence-electron chi connectivity index (χ0n) is 23.4. The van der Waals surface area contributed by atoms with Crippen molar-refractivity contribution < 1.29 is 9.84 Å². The number of benzene rings is 1. The van der Waals surface area contributed by atoms with Crippen LogP contribution in [0.25, 0.3) is 11.2 Å². The Balaban J connectivity index is 1.59. The minimum absolute atomic E-state index is 0.0665. The van der Waals surface area contributed by atoms with Gasteiger partial charge in [0.1, 0.15) is 17.1 Å². The largest absolute Gasteiger partial charge is 0.491 e. The number of nitrogens with zero attached hydrogens (tertiary/aromatic N) is 3. The van der Waals surface area contributed by atoms with Crippen LogP contribution < -0.4 is 15.4 Å². The number of aromatic nitrogens is 4. The Morgan fingerprint density at radius 3 is 2.47 bits per heavy atom. The summed E-state index contributed by atoms with van der Waals surface area (Å²) in [6.45, 7) is 10.9. The fourth-order valence-electron chi connectivity index (χ4n) is 5.39. The van der Waals surface area contributed by atoms with E-state index in [1.165, 1.54) is 12.8 Å². The Morgan fingerprint density at radius 1 is 1.08 bits per heavy atom. The third-order valence-electron chi connectivity index (χ3n) is 7.69. The summed E-state index contributed by atoms with van der Waals surface area (Å²) in [7, 11) is 0. The van der Waals surface area contributed by atoms with Crippen LogP contribution in [-0.2, 0) is 6.42 Å². The molecule has 1 aliphatic rings. The minimum atomic E-state index is -0.212. The molecule has 9 heteroatoms. The predicted molar refractivity (Wildman–Crippen MR) is 156 cm³/mol. The zero-order chi connectivity index (χ0) is 27.2. The second-order valence-corrected chi connectivity index (χ2v) is 11.4. The SMILES string of the molecule is CCC(CC)C(C)CCc1nc2nc(Nc3ccc(OC(C)C)cc3Cl)nc(NC3CCC(O)CC3)c2[nH]1. The number of halogens is 1. The van der Waals surface area contributed by atoms with Crippen molar-refractivity contribution in [3.8, 4) is 5.75 Å². The Bertz CT molecular complexity index is 1190. The summed E-state index contributed by atoms with van der Waals surface area (Å²) in [6.07, 6.45) is 7.58. The summed E-state index contributed by atoms with van der Waals surface area (Å²) in [5.74, 6) is 4.17. The molecule has 1 aliphatic carbocycles. The minimum Gasteiger partial charge on any atom is -0.491 e. The lowest BCUT2D eigenvalue weighted by Crippen LogP contribution is -2.28. The number of imidazole rings is 1. The van der Waals surface area contributed by atoms with Crippen LogP contribution in [0.1, 0.15) is 85.4 Å². The van der Waals surface area contributed by atoms with Gasteiger partial charge in [-0.2, -0.15) is 9.97 Å². The lowest BCUT2D eigenvalue weighted by molar-refractivity contribution is 0.126. The maximum absolute atomic E-state index is 9.95. The first kappa shape index (κ1) is 28.4. The van der Waals surface area contributed by atoms with Crippen molar-refractivity contribution in [1.29, 1.82) is 0 Å². The molecular weight excluding hydrogens is 500 g/mol. The zero-order valence-corrected chi connectivity index (χ0v) is 24.1. The first-order chi connectivity index (χ1) is 18.2. The Labute approximate surface area is 231 Å². The highest BCUT2D eigenvalue weighted by Crippen LogP contribution is 2.31. The van der Waals surface area contributed by atoms with Crippen LogP contribution in [0, 0.1) is 11.8 Å².